The summed E-state index contributed by atoms with van der Waals surface area (Å²) in [5.41, 5.74) is 2.05. The second kappa shape index (κ2) is 6.95. The van der Waals surface area contributed by atoms with Crippen molar-refractivity contribution in [3.63, 3.8) is 0 Å². The van der Waals surface area contributed by atoms with Crippen molar-refractivity contribution < 1.29 is 19.1 Å². The molecule has 0 amide bonds. The molecule has 0 saturated carbocycles. The molecule has 0 fully saturated rings. The van der Waals surface area contributed by atoms with Crippen LogP contribution in [-0.2, 0) is 16.1 Å². The largest absolute Gasteiger partial charge is 0.461 e. The first-order valence-corrected chi connectivity index (χ1v) is 7.54. The number of rotatable bonds is 5. The molecule has 0 unspecified atom stereocenters. The first kappa shape index (κ1) is 15.7. The first-order valence-electron chi connectivity index (χ1n) is 7.54. The predicted molar refractivity (Wildman–Crippen MR) is 86.7 cm³/mol. The number of hydrogen-bond donors (Lipinski definition) is 0. The van der Waals surface area contributed by atoms with Crippen molar-refractivity contribution in [3.8, 4) is 0 Å². The van der Waals surface area contributed by atoms with E-state index < -0.39 is 11.9 Å². The summed E-state index contributed by atoms with van der Waals surface area (Å²) in [7, 11) is 0. The van der Waals surface area contributed by atoms with Crippen LogP contribution in [-0.4, -0.2) is 27.9 Å². The fourth-order valence-electron chi connectivity index (χ4n) is 2.22. The Kier molecular flexibility index (Phi) is 4.56. The van der Waals surface area contributed by atoms with E-state index in [1.54, 1.807) is 29.7 Å². The van der Waals surface area contributed by atoms with Gasteiger partial charge in [0.1, 0.15) is 12.3 Å². The highest BCUT2D eigenvalue weighted by Crippen LogP contribution is 2.11. The summed E-state index contributed by atoms with van der Waals surface area (Å²) in [6.45, 7) is 2.22. The number of aromatic nitrogens is 2. The molecule has 0 bridgehead atoms. The smallest absolute Gasteiger partial charge is 0.358 e. The molecule has 0 saturated heterocycles. The Morgan fingerprint density at radius 3 is 2.54 bits per heavy atom. The van der Waals surface area contributed by atoms with E-state index in [0.29, 0.717) is 11.2 Å². The molecule has 0 spiro atoms. The van der Waals surface area contributed by atoms with Gasteiger partial charge in [0.05, 0.1) is 12.2 Å². The Hall–Kier alpha value is -3.15. The summed E-state index contributed by atoms with van der Waals surface area (Å²) in [4.78, 5) is 28.0. The maximum Gasteiger partial charge on any atom is 0.358 e. The van der Waals surface area contributed by atoms with Crippen LogP contribution >= 0.6 is 0 Å². The molecule has 6 nitrogen and oxygen atoms in total. The zero-order chi connectivity index (χ0) is 16.9. The minimum absolute atomic E-state index is 0.201. The number of carbonyl (C=O) groups excluding carboxylic acids is 2. The van der Waals surface area contributed by atoms with Gasteiger partial charge in [0.25, 0.3) is 0 Å². The zero-order valence-corrected chi connectivity index (χ0v) is 13.1. The normalized spacial score (nSPS) is 10.5. The minimum atomic E-state index is -0.491. The fraction of sp³-hybridized carbons (Fsp3) is 0.167. The van der Waals surface area contributed by atoms with Gasteiger partial charge >= 0.3 is 11.9 Å². The molecule has 122 valence electrons. The van der Waals surface area contributed by atoms with Crippen molar-refractivity contribution >= 4 is 17.6 Å². The number of esters is 2. The molecule has 0 aliphatic heterocycles. The van der Waals surface area contributed by atoms with Gasteiger partial charge in [-0.2, -0.15) is 0 Å². The Labute approximate surface area is 138 Å². The molecule has 3 aromatic rings. The minimum Gasteiger partial charge on any atom is -0.461 e. The standard InChI is InChI=1S/C18H16N2O4/c1-2-23-18(22)15-11-20-10-14(8-9-16(20)19-15)17(21)24-12-13-6-4-3-5-7-13/h3-11H,2,12H2,1H3. The Balaban J connectivity index is 1.74. The molecule has 3 rings (SSSR count). The third-order valence-electron chi connectivity index (χ3n) is 3.38. The SMILES string of the molecule is CCOC(=O)c1cn2cc(C(=O)OCc3ccccc3)ccc2n1. The van der Waals surface area contributed by atoms with E-state index in [9.17, 15) is 9.59 Å². The predicted octanol–water partition coefficient (Wildman–Crippen LogP) is 2.87. The van der Waals surface area contributed by atoms with Gasteiger partial charge in [-0.15, -0.1) is 0 Å². The number of fused-ring (bicyclic) bond motifs is 1. The van der Waals surface area contributed by atoms with Crippen molar-refractivity contribution in [2.24, 2.45) is 0 Å². The van der Waals surface area contributed by atoms with Crippen LogP contribution in [0.25, 0.3) is 5.65 Å². The zero-order valence-electron chi connectivity index (χ0n) is 13.1. The fourth-order valence-corrected chi connectivity index (χ4v) is 2.22. The van der Waals surface area contributed by atoms with Crippen molar-refractivity contribution in [2.45, 2.75) is 13.5 Å². The molecule has 0 radical (unpaired) electrons. The third-order valence-corrected chi connectivity index (χ3v) is 3.38. The van der Waals surface area contributed by atoms with Crippen LogP contribution in [0.15, 0.2) is 54.9 Å². The highest BCUT2D eigenvalue weighted by atomic mass is 16.5. The van der Waals surface area contributed by atoms with E-state index >= 15 is 0 Å². The van der Waals surface area contributed by atoms with Crippen LogP contribution in [0.4, 0.5) is 0 Å². The van der Waals surface area contributed by atoms with Gasteiger partial charge in [0, 0.05) is 12.4 Å². The molecule has 6 heteroatoms. The average Bonchev–Trinajstić information content (AvgIpc) is 3.04. The van der Waals surface area contributed by atoms with Gasteiger partial charge in [-0.05, 0) is 24.6 Å². The van der Waals surface area contributed by atoms with Crippen LogP contribution in [0.3, 0.4) is 0 Å². The molecule has 0 aliphatic rings. The Bertz CT molecular complexity index is 871. The molecule has 24 heavy (non-hydrogen) atoms. The van der Waals surface area contributed by atoms with Crippen LogP contribution < -0.4 is 0 Å². The lowest BCUT2D eigenvalue weighted by molar-refractivity contribution is 0.0470. The summed E-state index contributed by atoms with van der Waals surface area (Å²) in [5, 5.41) is 0. The molecule has 2 heterocycles. The lowest BCUT2D eigenvalue weighted by Crippen LogP contribution is -2.06. The third kappa shape index (κ3) is 3.43. The van der Waals surface area contributed by atoms with E-state index in [-0.39, 0.29) is 18.9 Å². The number of hydrogen-bond acceptors (Lipinski definition) is 5. The molecule has 1 aromatic carbocycles. The van der Waals surface area contributed by atoms with E-state index in [1.807, 2.05) is 30.3 Å². The Morgan fingerprint density at radius 1 is 1.00 bits per heavy atom. The summed E-state index contributed by atoms with van der Waals surface area (Å²) >= 11 is 0. The molecular weight excluding hydrogens is 308 g/mol. The molecule has 0 aliphatic carbocycles. The topological polar surface area (TPSA) is 69.9 Å². The van der Waals surface area contributed by atoms with Crippen LogP contribution in [0.2, 0.25) is 0 Å². The Morgan fingerprint density at radius 2 is 1.79 bits per heavy atom. The van der Waals surface area contributed by atoms with E-state index in [1.165, 1.54) is 6.20 Å². The number of ether oxygens (including phenoxy) is 2. The van der Waals surface area contributed by atoms with E-state index in [0.717, 1.165) is 5.56 Å². The van der Waals surface area contributed by atoms with Crippen molar-refractivity contribution in [3.05, 3.63) is 71.7 Å². The molecular formula is C18H16N2O4. The number of imidazole rings is 1. The second-order valence-electron chi connectivity index (χ2n) is 5.09. The van der Waals surface area contributed by atoms with Gasteiger partial charge in [-0.25, -0.2) is 14.6 Å². The molecule has 0 N–H and O–H groups in total. The van der Waals surface area contributed by atoms with Gasteiger partial charge in [0.15, 0.2) is 5.69 Å². The summed E-state index contributed by atoms with van der Waals surface area (Å²) in [6, 6.07) is 12.7. The highest BCUT2D eigenvalue weighted by Gasteiger charge is 2.14. The summed E-state index contributed by atoms with van der Waals surface area (Å²) in [5.74, 6) is -0.929. The summed E-state index contributed by atoms with van der Waals surface area (Å²) in [6.07, 6.45) is 3.11. The highest BCUT2D eigenvalue weighted by molar-refractivity contribution is 5.90. The average molecular weight is 324 g/mol. The maximum atomic E-state index is 12.2. The number of carbonyl (C=O) groups is 2. The van der Waals surface area contributed by atoms with Gasteiger partial charge in [-0.3, -0.25) is 0 Å². The maximum absolute atomic E-state index is 12.2. The van der Waals surface area contributed by atoms with Crippen LogP contribution in [0.1, 0.15) is 33.3 Å². The van der Waals surface area contributed by atoms with Gasteiger partial charge < -0.3 is 13.9 Å². The van der Waals surface area contributed by atoms with Crippen molar-refractivity contribution in [2.75, 3.05) is 6.61 Å². The summed E-state index contributed by atoms with van der Waals surface area (Å²) < 4.78 is 11.8. The van der Waals surface area contributed by atoms with Crippen LogP contribution in [0.5, 0.6) is 0 Å². The number of pyridine rings is 1. The van der Waals surface area contributed by atoms with Gasteiger partial charge in [-0.1, -0.05) is 30.3 Å². The monoisotopic (exact) mass is 324 g/mol. The number of benzene rings is 1. The van der Waals surface area contributed by atoms with E-state index in [4.69, 9.17) is 9.47 Å². The van der Waals surface area contributed by atoms with E-state index in [2.05, 4.69) is 4.98 Å². The lowest BCUT2D eigenvalue weighted by atomic mass is 10.2. The van der Waals surface area contributed by atoms with Crippen molar-refractivity contribution in [1.29, 1.82) is 0 Å². The molecule has 2 aromatic heterocycles. The van der Waals surface area contributed by atoms with Crippen LogP contribution in [0, 0.1) is 0 Å². The lowest BCUT2D eigenvalue weighted by Gasteiger charge is -2.05. The second-order valence-corrected chi connectivity index (χ2v) is 5.09. The molecule has 0 atom stereocenters. The quantitative estimate of drug-likeness (QED) is 0.675. The van der Waals surface area contributed by atoms with Gasteiger partial charge in [0.2, 0.25) is 0 Å². The number of nitrogens with zero attached hydrogens (tertiary/aromatic N) is 2. The van der Waals surface area contributed by atoms with Crippen molar-refractivity contribution in [1.82, 2.24) is 9.38 Å². The first-order chi connectivity index (χ1) is 11.7.